The minimum Gasteiger partial charge on any atom is -0.378 e. The van der Waals surface area contributed by atoms with Crippen molar-refractivity contribution < 1.29 is 4.74 Å². The molecule has 88 valence electrons. The maximum atomic E-state index is 5.36. The first kappa shape index (κ1) is 11.4. The molecule has 0 unspecified atom stereocenters. The van der Waals surface area contributed by atoms with Gasteiger partial charge in [0, 0.05) is 25.8 Å². The minimum atomic E-state index is 0.815. The second-order valence-electron chi connectivity index (χ2n) is 3.88. The number of nitrogens with one attached hydrogen (secondary N) is 1. The molecular weight excluding hydrogens is 202 g/mol. The Balaban J connectivity index is 2.11. The van der Waals surface area contributed by atoms with Gasteiger partial charge in [-0.3, -0.25) is 4.98 Å². The van der Waals surface area contributed by atoms with Gasteiger partial charge in [0.1, 0.15) is 0 Å². The minimum absolute atomic E-state index is 0.815. The smallest absolute Gasteiger partial charge is 0.0642 e. The predicted molar refractivity (Wildman–Crippen MR) is 64.6 cm³/mol. The first-order valence-corrected chi connectivity index (χ1v) is 5.88. The molecule has 4 heteroatoms. The molecule has 1 aliphatic heterocycles. The van der Waals surface area contributed by atoms with Crippen LogP contribution in [0.25, 0.3) is 0 Å². The monoisotopic (exact) mass is 221 g/mol. The van der Waals surface area contributed by atoms with E-state index in [1.807, 2.05) is 12.4 Å². The average Bonchev–Trinajstić information content (AvgIpc) is 2.38. The van der Waals surface area contributed by atoms with Crippen molar-refractivity contribution in [1.29, 1.82) is 0 Å². The van der Waals surface area contributed by atoms with E-state index in [2.05, 4.69) is 28.2 Å². The van der Waals surface area contributed by atoms with Gasteiger partial charge in [-0.05, 0) is 18.2 Å². The highest BCUT2D eigenvalue weighted by atomic mass is 16.5. The van der Waals surface area contributed by atoms with Crippen LogP contribution in [-0.2, 0) is 11.3 Å². The highest BCUT2D eigenvalue weighted by Crippen LogP contribution is 2.19. The maximum Gasteiger partial charge on any atom is 0.0642 e. The maximum absolute atomic E-state index is 5.36. The summed E-state index contributed by atoms with van der Waals surface area (Å²) in [4.78, 5) is 6.57. The molecule has 4 nitrogen and oxygen atoms in total. The van der Waals surface area contributed by atoms with Gasteiger partial charge >= 0.3 is 0 Å². The number of pyridine rings is 1. The molecule has 1 aromatic rings. The van der Waals surface area contributed by atoms with Gasteiger partial charge in [0.15, 0.2) is 0 Å². The van der Waals surface area contributed by atoms with Crippen LogP contribution < -0.4 is 10.2 Å². The van der Waals surface area contributed by atoms with Gasteiger partial charge in [-0.2, -0.15) is 0 Å². The zero-order valence-corrected chi connectivity index (χ0v) is 9.78. The van der Waals surface area contributed by atoms with Gasteiger partial charge in [0.05, 0.1) is 25.1 Å². The molecule has 1 fully saturated rings. The van der Waals surface area contributed by atoms with Crippen molar-refractivity contribution in [1.82, 2.24) is 10.3 Å². The van der Waals surface area contributed by atoms with Gasteiger partial charge in [-0.1, -0.05) is 6.92 Å². The summed E-state index contributed by atoms with van der Waals surface area (Å²) in [5.74, 6) is 0. The van der Waals surface area contributed by atoms with Gasteiger partial charge in [0.25, 0.3) is 0 Å². The molecule has 0 bridgehead atoms. The van der Waals surface area contributed by atoms with E-state index in [9.17, 15) is 0 Å². The second kappa shape index (κ2) is 5.82. The van der Waals surface area contributed by atoms with Crippen molar-refractivity contribution in [3.05, 3.63) is 24.0 Å². The average molecular weight is 221 g/mol. The van der Waals surface area contributed by atoms with Gasteiger partial charge in [-0.25, -0.2) is 0 Å². The zero-order chi connectivity index (χ0) is 11.2. The lowest BCUT2D eigenvalue weighted by Crippen LogP contribution is -2.37. The third-order valence-electron chi connectivity index (χ3n) is 2.80. The predicted octanol–water partition coefficient (Wildman–Crippen LogP) is 1.03. The summed E-state index contributed by atoms with van der Waals surface area (Å²) >= 11 is 0. The van der Waals surface area contributed by atoms with Crippen LogP contribution in [0.1, 0.15) is 12.5 Å². The molecule has 1 aromatic heterocycles. The number of hydrogen-bond acceptors (Lipinski definition) is 4. The van der Waals surface area contributed by atoms with E-state index < -0.39 is 0 Å². The van der Waals surface area contributed by atoms with E-state index in [1.54, 1.807) is 0 Å². The Morgan fingerprint density at radius 2 is 2.25 bits per heavy atom. The zero-order valence-electron chi connectivity index (χ0n) is 9.78. The van der Waals surface area contributed by atoms with E-state index in [4.69, 9.17) is 4.74 Å². The number of rotatable bonds is 4. The summed E-state index contributed by atoms with van der Waals surface area (Å²) in [6, 6.07) is 2.09. The SMILES string of the molecule is CCNCc1ccncc1N1CCOCC1. The van der Waals surface area contributed by atoms with E-state index in [-0.39, 0.29) is 0 Å². The van der Waals surface area contributed by atoms with Crippen LogP contribution in [0.2, 0.25) is 0 Å². The number of ether oxygens (including phenoxy) is 1. The van der Waals surface area contributed by atoms with Crippen LogP contribution in [0.15, 0.2) is 18.5 Å². The Hall–Kier alpha value is -1.13. The summed E-state index contributed by atoms with van der Waals surface area (Å²) in [7, 11) is 0. The number of hydrogen-bond donors (Lipinski definition) is 1. The molecule has 1 N–H and O–H groups in total. The Kier molecular flexibility index (Phi) is 4.13. The lowest BCUT2D eigenvalue weighted by atomic mass is 10.2. The number of nitrogens with zero attached hydrogens (tertiary/aromatic N) is 2. The van der Waals surface area contributed by atoms with Crippen LogP contribution in [0.5, 0.6) is 0 Å². The quantitative estimate of drug-likeness (QED) is 0.824. The largest absolute Gasteiger partial charge is 0.378 e. The first-order valence-electron chi connectivity index (χ1n) is 5.88. The van der Waals surface area contributed by atoms with Crippen LogP contribution in [0, 0.1) is 0 Å². The highest BCUT2D eigenvalue weighted by Gasteiger charge is 2.14. The van der Waals surface area contributed by atoms with Crippen molar-refractivity contribution in [3.63, 3.8) is 0 Å². The van der Waals surface area contributed by atoms with Crippen LogP contribution in [0.3, 0.4) is 0 Å². The molecule has 0 atom stereocenters. The molecule has 1 aliphatic rings. The molecule has 1 saturated heterocycles. The fourth-order valence-corrected chi connectivity index (χ4v) is 1.91. The van der Waals surface area contributed by atoms with Crippen molar-refractivity contribution in [2.24, 2.45) is 0 Å². The fourth-order valence-electron chi connectivity index (χ4n) is 1.91. The summed E-state index contributed by atoms with van der Waals surface area (Å²) in [5.41, 5.74) is 2.56. The topological polar surface area (TPSA) is 37.4 Å². The number of anilines is 1. The van der Waals surface area contributed by atoms with Crippen molar-refractivity contribution in [3.8, 4) is 0 Å². The molecule has 0 aromatic carbocycles. The molecule has 0 amide bonds. The van der Waals surface area contributed by atoms with E-state index in [1.165, 1.54) is 11.3 Å². The Morgan fingerprint density at radius 3 is 3.00 bits per heavy atom. The number of aromatic nitrogens is 1. The third-order valence-corrected chi connectivity index (χ3v) is 2.80. The highest BCUT2D eigenvalue weighted by molar-refractivity contribution is 5.51. The van der Waals surface area contributed by atoms with Gasteiger partial charge in [-0.15, -0.1) is 0 Å². The van der Waals surface area contributed by atoms with Crippen LogP contribution in [-0.4, -0.2) is 37.8 Å². The Morgan fingerprint density at radius 1 is 1.44 bits per heavy atom. The number of morpholine rings is 1. The summed E-state index contributed by atoms with van der Waals surface area (Å²) < 4.78 is 5.36. The molecule has 0 aliphatic carbocycles. The van der Waals surface area contributed by atoms with Crippen molar-refractivity contribution >= 4 is 5.69 Å². The molecule has 0 spiro atoms. The van der Waals surface area contributed by atoms with E-state index in [0.717, 1.165) is 39.4 Å². The van der Waals surface area contributed by atoms with Gasteiger partial charge in [0.2, 0.25) is 0 Å². The van der Waals surface area contributed by atoms with Gasteiger partial charge < -0.3 is 15.0 Å². The summed E-state index contributed by atoms with van der Waals surface area (Å²) in [5, 5.41) is 3.36. The van der Waals surface area contributed by atoms with Crippen LogP contribution in [0.4, 0.5) is 5.69 Å². The van der Waals surface area contributed by atoms with Crippen molar-refractivity contribution in [2.75, 3.05) is 37.7 Å². The summed E-state index contributed by atoms with van der Waals surface area (Å²) in [6.45, 7) is 7.58. The lowest BCUT2D eigenvalue weighted by Gasteiger charge is -2.30. The second-order valence-corrected chi connectivity index (χ2v) is 3.88. The molecule has 0 saturated carbocycles. The molecule has 16 heavy (non-hydrogen) atoms. The van der Waals surface area contributed by atoms with Crippen LogP contribution >= 0.6 is 0 Å². The third kappa shape index (κ3) is 2.71. The standard InChI is InChI=1S/C12H19N3O/c1-2-13-9-11-3-4-14-10-12(11)15-5-7-16-8-6-15/h3-4,10,13H,2,5-9H2,1H3. The summed E-state index contributed by atoms with van der Waals surface area (Å²) in [6.07, 6.45) is 3.81. The van der Waals surface area contributed by atoms with E-state index >= 15 is 0 Å². The molecule has 2 rings (SSSR count). The normalized spacial score (nSPS) is 16.4. The Bertz CT molecular complexity index is 324. The molecule has 0 radical (unpaired) electrons. The Labute approximate surface area is 96.6 Å². The molecule has 2 heterocycles. The fraction of sp³-hybridized carbons (Fsp3) is 0.583. The first-order chi connectivity index (χ1) is 7.92. The van der Waals surface area contributed by atoms with E-state index in [0.29, 0.717) is 0 Å². The lowest BCUT2D eigenvalue weighted by molar-refractivity contribution is 0.122. The molecular formula is C12H19N3O. The van der Waals surface area contributed by atoms with Crippen molar-refractivity contribution in [2.45, 2.75) is 13.5 Å².